The van der Waals surface area contributed by atoms with E-state index in [4.69, 9.17) is 16.0 Å². The molecule has 5 heteroatoms. The van der Waals surface area contributed by atoms with E-state index in [9.17, 15) is 0 Å². The summed E-state index contributed by atoms with van der Waals surface area (Å²) in [6.45, 7) is 0.933. The van der Waals surface area contributed by atoms with Crippen LogP contribution in [-0.4, -0.2) is 18.6 Å². The molecule has 80 valence electrons. The quantitative estimate of drug-likeness (QED) is 0.896. The van der Waals surface area contributed by atoms with Crippen LogP contribution in [0.15, 0.2) is 21.9 Å². The Bertz CT molecular complexity index is 438. The summed E-state index contributed by atoms with van der Waals surface area (Å²) in [6.07, 6.45) is 0.932. The Morgan fingerprint density at radius 2 is 2.40 bits per heavy atom. The van der Waals surface area contributed by atoms with Gasteiger partial charge in [0, 0.05) is 18.3 Å². The smallest absolute Gasteiger partial charge is 0.194 e. The lowest BCUT2D eigenvalue weighted by Crippen LogP contribution is -2.10. The van der Waals surface area contributed by atoms with Gasteiger partial charge in [0.2, 0.25) is 0 Å². The van der Waals surface area contributed by atoms with Crippen LogP contribution in [0.25, 0.3) is 10.8 Å². The first-order valence-corrected chi connectivity index (χ1v) is 5.90. The van der Waals surface area contributed by atoms with Crippen molar-refractivity contribution in [3.05, 3.63) is 28.4 Å². The normalized spacial score (nSPS) is 10.8. The Morgan fingerprint density at radius 1 is 1.53 bits per heavy atom. The van der Waals surface area contributed by atoms with Gasteiger partial charge in [-0.1, -0.05) is 0 Å². The molecule has 0 saturated carbocycles. The number of hydrogen-bond donors (Lipinski definition) is 1. The van der Waals surface area contributed by atoms with E-state index in [-0.39, 0.29) is 0 Å². The van der Waals surface area contributed by atoms with Crippen LogP contribution < -0.4 is 5.32 Å². The monoisotopic (exact) mass is 242 g/mol. The number of thiazole rings is 1. The molecule has 0 fully saturated rings. The van der Waals surface area contributed by atoms with Crippen LogP contribution in [0, 0.1) is 0 Å². The molecular formula is C10H11ClN2OS. The van der Waals surface area contributed by atoms with Gasteiger partial charge in [-0.15, -0.1) is 11.3 Å². The van der Waals surface area contributed by atoms with Crippen LogP contribution in [0.3, 0.4) is 0 Å². The van der Waals surface area contributed by atoms with Crippen molar-refractivity contribution in [2.45, 2.75) is 6.42 Å². The highest BCUT2D eigenvalue weighted by molar-refractivity contribution is 7.13. The van der Waals surface area contributed by atoms with Gasteiger partial charge in [0.15, 0.2) is 16.0 Å². The topological polar surface area (TPSA) is 38.1 Å². The summed E-state index contributed by atoms with van der Waals surface area (Å²) in [5, 5.41) is 6.42. The number of furan rings is 1. The second-order valence-corrected chi connectivity index (χ2v) is 4.33. The van der Waals surface area contributed by atoms with Crippen molar-refractivity contribution in [2.24, 2.45) is 0 Å². The number of nitrogens with one attached hydrogen (secondary N) is 1. The SMILES string of the molecule is CNCCc1csc(-c2ccc(Cl)o2)n1. The second kappa shape index (κ2) is 4.79. The highest BCUT2D eigenvalue weighted by Gasteiger charge is 2.08. The van der Waals surface area contributed by atoms with E-state index in [2.05, 4.69) is 10.3 Å². The molecule has 0 saturated heterocycles. The van der Waals surface area contributed by atoms with E-state index < -0.39 is 0 Å². The average Bonchev–Trinajstić information content (AvgIpc) is 2.83. The zero-order chi connectivity index (χ0) is 10.7. The third kappa shape index (κ3) is 2.59. The van der Waals surface area contributed by atoms with Gasteiger partial charge in [0.25, 0.3) is 0 Å². The Balaban J connectivity index is 2.13. The van der Waals surface area contributed by atoms with Crippen molar-refractivity contribution in [1.29, 1.82) is 0 Å². The van der Waals surface area contributed by atoms with Gasteiger partial charge in [0.05, 0.1) is 5.69 Å². The molecule has 15 heavy (non-hydrogen) atoms. The van der Waals surface area contributed by atoms with Gasteiger partial charge < -0.3 is 9.73 Å². The molecule has 3 nitrogen and oxygen atoms in total. The maximum Gasteiger partial charge on any atom is 0.194 e. The minimum absolute atomic E-state index is 0.400. The maximum absolute atomic E-state index is 5.70. The molecule has 2 heterocycles. The van der Waals surface area contributed by atoms with Crippen LogP contribution in [0.5, 0.6) is 0 Å². The number of hydrogen-bond acceptors (Lipinski definition) is 4. The van der Waals surface area contributed by atoms with E-state index in [1.54, 1.807) is 17.4 Å². The lowest BCUT2D eigenvalue weighted by molar-refractivity contribution is 0.583. The molecule has 2 rings (SSSR count). The van der Waals surface area contributed by atoms with Gasteiger partial charge in [-0.05, 0) is 30.8 Å². The van der Waals surface area contributed by atoms with Crippen LogP contribution in [0.4, 0.5) is 0 Å². The standard InChI is InChI=1S/C10H11ClN2OS/c1-12-5-4-7-6-15-10(13-7)8-2-3-9(11)14-8/h2-3,6,12H,4-5H2,1H3. The molecule has 0 aliphatic carbocycles. The summed E-state index contributed by atoms with van der Waals surface area (Å²) in [5.74, 6) is 0.737. The lowest BCUT2D eigenvalue weighted by Gasteiger charge is -1.93. The summed E-state index contributed by atoms with van der Waals surface area (Å²) in [6, 6.07) is 3.56. The Hall–Kier alpha value is -0.840. The zero-order valence-electron chi connectivity index (χ0n) is 8.29. The van der Waals surface area contributed by atoms with Gasteiger partial charge in [-0.3, -0.25) is 0 Å². The molecule has 0 bridgehead atoms. The fourth-order valence-corrected chi connectivity index (χ4v) is 2.18. The van der Waals surface area contributed by atoms with Crippen LogP contribution in [0.1, 0.15) is 5.69 Å². The predicted octanol–water partition coefficient (Wildman–Crippen LogP) is 2.82. The molecule has 0 unspecified atom stereocenters. The fraction of sp³-hybridized carbons (Fsp3) is 0.300. The summed E-state index contributed by atoms with van der Waals surface area (Å²) < 4.78 is 5.29. The highest BCUT2D eigenvalue weighted by Crippen LogP contribution is 2.27. The van der Waals surface area contributed by atoms with Crippen molar-refractivity contribution in [1.82, 2.24) is 10.3 Å². The molecular weight excluding hydrogens is 232 g/mol. The van der Waals surface area contributed by atoms with Crippen LogP contribution in [0.2, 0.25) is 5.22 Å². The first kappa shape index (κ1) is 10.7. The van der Waals surface area contributed by atoms with Gasteiger partial charge in [0.1, 0.15) is 0 Å². The fourth-order valence-electron chi connectivity index (χ4n) is 1.22. The zero-order valence-corrected chi connectivity index (χ0v) is 9.86. The number of nitrogens with zero attached hydrogens (tertiary/aromatic N) is 1. The summed E-state index contributed by atoms with van der Waals surface area (Å²) >= 11 is 7.28. The molecule has 0 spiro atoms. The number of halogens is 1. The van der Waals surface area contributed by atoms with Crippen molar-refractivity contribution in [3.63, 3.8) is 0 Å². The Morgan fingerprint density at radius 3 is 3.07 bits per heavy atom. The first-order valence-electron chi connectivity index (χ1n) is 4.64. The summed E-state index contributed by atoms with van der Waals surface area (Å²) in [7, 11) is 1.93. The molecule has 0 atom stereocenters. The molecule has 2 aromatic heterocycles. The van der Waals surface area contributed by atoms with E-state index in [0.29, 0.717) is 5.22 Å². The van der Waals surface area contributed by atoms with Gasteiger partial charge >= 0.3 is 0 Å². The van der Waals surface area contributed by atoms with Crippen molar-refractivity contribution in [3.8, 4) is 10.8 Å². The number of likely N-dealkylation sites (N-methyl/N-ethyl adjacent to an activating group) is 1. The van der Waals surface area contributed by atoms with E-state index >= 15 is 0 Å². The summed E-state index contributed by atoms with van der Waals surface area (Å²) in [4.78, 5) is 4.46. The third-order valence-corrected chi connectivity index (χ3v) is 3.08. The Kier molecular flexibility index (Phi) is 3.41. The number of aromatic nitrogens is 1. The van der Waals surface area contributed by atoms with E-state index in [0.717, 1.165) is 29.4 Å². The van der Waals surface area contributed by atoms with E-state index in [1.807, 2.05) is 18.5 Å². The van der Waals surface area contributed by atoms with Crippen LogP contribution in [-0.2, 0) is 6.42 Å². The maximum atomic E-state index is 5.70. The molecule has 0 aliphatic heterocycles. The molecule has 2 aromatic rings. The van der Waals surface area contributed by atoms with Gasteiger partial charge in [-0.25, -0.2) is 4.98 Å². The van der Waals surface area contributed by atoms with Crippen molar-refractivity contribution >= 4 is 22.9 Å². The summed E-state index contributed by atoms with van der Waals surface area (Å²) in [5.41, 5.74) is 1.08. The largest absolute Gasteiger partial charge is 0.442 e. The van der Waals surface area contributed by atoms with E-state index in [1.165, 1.54) is 0 Å². The first-order chi connectivity index (χ1) is 7.29. The minimum atomic E-state index is 0.400. The molecule has 0 aliphatic rings. The average molecular weight is 243 g/mol. The Labute approximate surface area is 97.1 Å². The molecule has 1 N–H and O–H groups in total. The minimum Gasteiger partial charge on any atom is -0.442 e. The second-order valence-electron chi connectivity index (χ2n) is 3.10. The van der Waals surface area contributed by atoms with Gasteiger partial charge in [-0.2, -0.15) is 0 Å². The van der Waals surface area contributed by atoms with Crippen molar-refractivity contribution in [2.75, 3.05) is 13.6 Å². The predicted molar refractivity (Wildman–Crippen MR) is 62.5 cm³/mol. The molecule has 0 amide bonds. The number of rotatable bonds is 4. The molecule has 0 radical (unpaired) electrons. The van der Waals surface area contributed by atoms with Crippen molar-refractivity contribution < 1.29 is 4.42 Å². The lowest BCUT2D eigenvalue weighted by atomic mass is 10.3. The third-order valence-electron chi connectivity index (χ3n) is 1.97. The van der Waals surface area contributed by atoms with Crippen LogP contribution >= 0.6 is 22.9 Å². The highest BCUT2D eigenvalue weighted by atomic mass is 35.5. The molecule has 0 aromatic carbocycles.